The number of hydrogen-bond acceptors (Lipinski definition) is 5. The lowest BCUT2D eigenvalue weighted by molar-refractivity contribution is 0.174. The number of ether oxygens (including phenoxy) is 2. The Morgan fingerprint density at radius 1 is 1.10 bits per heavy atom. The first-order valence-electron chi connectivity index (χ1n) is 9.25. The fourth-order valence-electron chi connectivity index (χ4n) is 2.92. The van der Waals surface area contributed by atoms with Gasteiger partial charge in [0.05, 0.1) is 4.90 Å². The van der Waals surface area contributed by atoms with Gasteiger partial charge in [-0.05, 0) is 35.7 Å². The average Bonchev–Trinajstić information content (AvgIpc) is 3.18. The molecule has 3 rings (SSSR count). The van der Waals surface area contributed by atoms with Gasteiger partial charge in [-0.15, -0.1) is 0 Å². The average molecular weight is 419 g/mol. The second-order valence-corrected chi connectivity index (χ2v) is 8.81. The van der Waals surface area contributed by atoms with Gasteiger partial charge in [0, 0.05) is 34.2 Å². The van der Waals surface area contributed by atoms with E-state index in [-0.39, 0.29) is 11.7 Å². The molecular formula is C20H26N4O4S. The van der Waals surface area contributed by atoms with Crippen molar-refractivity contribution >= 4 is 16.0 Å². The second-order valence-electron chi connectivity index (χ2n) is 6.69. The lowest BCUT2D eigenvalue weighted by Gasteiger charge is -2.17. The van der Waals surface area contributed by atoms with Gasteiger partial charge >= 0.3 is 0 Å². The first-order chi connectivity index (χ1) is 13.9. The van der Waals surface area contributed by atoms with Crippen LogP contribution in [-0.4, -0.2) is 53.2 Å². The lowest BCUT2D eigenvalue weighted by atomic mass is 10.1. The van der Waals surface area contributed by atoms with Crippen molar-refractivity contribution in [3.05, 3.63) is 53.6 Å². The smallest absolute Gasteiger partial charge is 0.242 e. The predicted molar refractivity (Wildman–Crippen MR) is 112 cm³/mol. The van der Waals surface area contributed by atoms with E-state index in [4.69, 9.17) is 9.47 Å². The molecule has 1 heterocycles. The number of hydrogen-bond donors (Lipinski definition) is 2. The maximum absolute atomic E-state index is 12.5. The molecule has 0 spiro atoms. The Labute approximate surface area is 171 Å². The highest BCUT2D eigenvalue weighted by molar-refractivity contribution is 7.89. The Morgan fingerprint density at radius 3 is 2.62 bits per heavy atom. The summed E-state index contributed by atoms with van der Waals surface area (Å²) < 4.78 is 37.0. The van der Waals surface area contributed by atoms with Crippen molar-refractivity contribution in [2.75, 3.05) is 34.5 Å². The minimum atomic E-state index is -3.51. The number of fused-ring (bicyclic) bond motifs is 1. The number of nitrogens with one attached hydrogen (secondary N) is 2. The van der Waals surface area contributed by atoms with E-state index in [2.05, 4.69) is 15.6 Å². The zero-order chi connectivity index (χ0) is 20.9. The topological polar surface area (TPSA) is 92.3 Å². The standard InChI is InChI=1S/C20H26N4O4S/c1-21-20(22-11-10-15-8-9-17-18(12-15)28-14-27-17)23-13-16-6-4-5-7-19(16)29(25,26)24(2)3/h4-9,12H,10-11,13-14H2,1-3H3,(H2,21,22,23). The van der Waals surface area contributed by atoms with Crippen molar-refractivity contribution in [2.45, 2.75) is 17.9 Å². The number of benzene rings is 2. The quantitative estimate of drug-likeness (QED) is 0.524. The molecule has 9 heteroatoms. The number of nitrogens with zero attached hydrogens (tertiary/aromatic N) is 2. The number of aliphatic imine (C=N–C) groups is 1. The number of sulfonamides is 1. The molecule has 0 bridgehead atoms. The van der Waals surface area contributed by atoms with Gasteiger partial charge in [0.25, 0.3) is 0 Å². The predicted octanol–water partition coefficient (Wildman–Crippen LogP) is 1.57. The van der Waals surface area contributed by atoms with Gasteiger partial charge in [-0.3, -0.25) is 4.99 Å². The summed E-state index contributed by atoms with van der Waals surface area (Å²) in [6, 6.07) is 12.8. The molecule has 1 aliphatic heterocycles. The van der Waals surface area contributed by atoms with Crippen LogP contribution < -0.4 is 20.1 Å². The van der Waals surface area contributed by atoms with E-state index in [0.29, 0.717) is 24.6 Å². The molecule has 2 aromatic carbocycles. The van der Waals surface area contributed by atoms with Crippen molar-refractivity contribution in [2.24, 2.45) is 4.99 Å². The van der Waals surface area contributed by atoms with Crippen molar-refractivity contribution in [3.8, 4) is 11.5 Å². The highest BCUT2D eigenvalue weighted by Gasteiger charge is 2.20. The van der Waals surface area contributed by atoms with E-state index < -0.39 is 10.0 Å². The molecule has 0 fully saturated rings. The maximum Gasteiger partial charge on any atom is 0.242 e. The minimum Gasteiger partial charge on any atom is -0.454 e. The molecule has 0 saturated heterocycles. The summed E-state index contributed by atoms with van der Waals surface area (Å²) in [6.45, 7) is 1.27. The van der Waals surface area contributed by atoms with E-state index in [0.717, 1.165) is 23.5 Å². The summed E-state index contributed by atoms with van der Waals surface area (Å²) in [6.07, 6.45) is 0.781. The summed E-state index contributed by atoms with van der Waals surface area (Å²) in [7, 11) is 1.22. The number of rotatable bonds is 7. The van der Waals surface area contributed by atoms with Crippen LogP contribution in [0.5, 0.6) is 11.5 Å². The molecule has 0 unspecified atom stereocenters. The molecule has 2 aromatic rings. The Morgan fingerprint density at radius 2 is 1.86 bits per heavy atom. The summed E-state index contributed by atoms with van der Waals surface area (Å²) in [5.41, 5.74) is 1.81. The van der Waals surface area contributed by atoms with E-state index >= 15 is 0 Å². The van der Waals surface area contributed by atoms with Gasteiger partial charge in [0.15, 0.2) is 17.5 Å². The zero-order valence-corrected chi connectivity index (χ0v) is 17.6. The van der Waals surface area contributed by atoms with Crippen LogP contribution in [0.1, 0.15) is 11.1 Å². The normalized spacial score (nSPS) is 13.6. The monoisotopic (exact) mass is 418 g/mol. The minimum absolute atomic E-state index is 0.263. The molecule has 0 aromatic heterocycles. The van der Waals surface area contributed by atoms with Gasteiger partial charge in [0.2, 0.25) is 16.8 Å². The zero-order valence-electron chi connectivity index (χ0n) is 16.8. The van der Waals surface area contributed by atoms with Crippen LogP contribution in [0.3, 0.4) is 0 Å². The van der Waals surface area contributed by atoms with Crippen molar-refractivity contribution < 1.29 is 17.9 Å². The molecule has 0 atom stereocenters. The van der Waals surface area contributed by atoms with E-state index in [1.54, 1.807) is 25.2 Å². The van der Waals surface area contributed by atoms with Gasteiger partial charge < -0.3 is 20.1 Å². The molecule has 29 heavy (non-hydrogen) atoms. The van der Waals surface area contributed by atoms with Gasteiger partial charge in [-0.1, -0.05) is 24.3 Å². The van der Waals surface area contributed by atoms with Crippen molar-refractivity contribution in [3.63, 3.8) is 0 Å². The van der Waals surface area contributed by atoms with Crippen LogP contribution in [0.2, 0.25) is 0 Å². The Bertz CT molecular complexity index is 990. The van der Waals surface area contributed by atoms with Crippen molar-refractivity contribution in [1.29, 1.82) is 0 Å². The molecule has 1 aliphatic rings. The highest BCUT2D eigenvalue weighted by Crippen LogP contribution is 2.32. The van der Waals surface area contributed by atoms with Crippen LogP contribution >= 0.6 is 0 Å². The molecule has 0 aliphatic carbocycles. The summed E-state index contributed by atoms with van der Waals surface area (Å²) in [5, 5.41) is 6.42. The first kappa shape index (κ1) is 20.9. The third-order valence-electron chi connectivity index (χ3n) is 4.54. The van der Waals surface area contributed by atoms with Crippen LogP contribution in [-0.2, 0) is 23.0 Å². The molecule has 156 valence electrons. The van der Waals surface area contributed by atoms with Gasteiger partial charge in [-0.25, -0.2) is 12.7 Å². The van der Waals surface area contributed by atoms with E-state index in [1.165, 1.54) is 18.4 Å². The molecule has 0 amide bonds. The van der Waals surface area contributed by atoms with Crippen LogP contribution in [0.4, 0.5) is 0 Å². The molecule has 8 nitrogen and oxygen atoms in total. The fourth-order valence-corrected chi connectivity index (χ4v) is 4.03. The summed E-state index contributed by atoms with van der Waals surface area (Å²) in [5.74, 6) is 2.14. The van der Waals surface area contributed by atoms with Crippen LogP contribution in [0, 0.1) is 0 Å². The van der Waals surface area contributed by atoms with Crippen LogP contribution in [0.25, 0.3) is 0 Å². The molecular weight excluding hydrogens is 392 g/mol. The fraction of sp³-hybridized carbons (Fsp3) is 0.350. The maximum atomic E-state index is 12.5. The summed E-state index contributed by atoms with van der Waals surface area (Å²) >= 11 is 0. The highest BCUT2D eigenvalue weighted by atomic mass is 32.2. The lowest BCUT2D eigenvalue weighted by Crippen LogP contribution is -2.38. The van der Waals surface area contributed by atoms with E-state index in [1.807, 2.05) is 24.3 Å². The molecule has 2 N–H and O–H groups in total. The van der Waals surface area contributed by atoms with Crippen molar-refractivity contribution in [1.82, 2.24) is 14.9 Å². The molecule has 0 radical (unpaired) electrons. The van der Waals surface area contributed by atoms with Gasteiger partial charge in [0.1, 0.15) is 0 Å². The third kappa shape index (κ3) is 4.99. The van der Waals surface area contributed by atoms with Crippen LogP contribution in [0.15, 0.2) is 52.4 Å². The Hall–Kier alpha value is -2.78. The van der Waals surface area contributed by atoms with Gasteiger partial charge in [-0.2, -0.15) is 0 Å². The first-order valence-corrected chi connectivity index (χ1v) is 10.7. The number of guanidine groups is 1. The SMILES string of the molecule is CN=C(NCCc1ccc2c(c1)OCO2)NCc1ccccc1S(=O)(=O)N(C)C. The largest absolute Gasteiger partial charge is 0.454 e. The third-order valence-corrected chi connectivity index (χ3v) is 6.46. The Balaban J connectivity index is 1.56. The molecule has 0 saturated carbocycles. The summed E-state index contributed by atoms with van der Waals surface area (Å²) in [4.78, 5) is 4.49. The van der Waals surface area contributed by atoms with E-state index in [9.17, 15) is 8.42 Å². The Kier molecular flexibility index (Phi) is 6.60. The second kappa shape index (κ2) is 9.15.